The van der Waals surface area contributed by atoms with Gasteiger partial charge >= 0.3 is 5.97 Å². The van der Waals surface area contributed by atoms with Crippen molar-refractivity contribution in [1.82, 2.24) is 5.32 Å². The van der Waals surface area contributed by atoms with Crippen molar-refractivity contribution >= 4 is 5.97 Å². The van der Waals surface area contributed by atoms with E-state index < -0.39 is 0 Å². The van der Waals surface area contributed by atoms with Gasteiger partial charge in [0.2, 0.25) is 0 Å². The van der Waals surface area contributed by atoms with Gasteiger partial charge in [-0.15, -0.1) is 0 Å². The summed E-state index contributed by atoms with van der Waals surface area (Å²) in [7, 11) is 0. The molecule has 4 heteroatoms. The van der Waals surface area contributed by atoms with Crippen LogP contribution >= 0.6 is 0 Å². The SMILES string of the molecule is CCOC(=O)CNC1(CO)CC1. The van der Waals surface area contributed by atoms with Crippen molar-refractivity contribution in [2.75, 3.05) is 19.8 Å². The molecule has 1 saturated carbocycles. The van der Waals surface area contributed by atoms with Crippen LogP contribution in [-0.2, 0) is 9.53 Å². The number of nitrogens with one attached hydrogen (secondary N) is 1. The highest BCUT2D eigenvalue weighted by Gasteiger charge is 2.41. The van der Waals surface area contributed by atoms with E-state index in [-0.39, 0.29) is 24.7 Å². The Hall–Kier alpha value is -0.610. The van der Waals surface area contributed by atoms with Crippen LogP contribution in [0.15, 0.2) is 0 Å². The van der Waals surface area contributed by atoms with Crippen molar-refractivity contribution in [3.63, 3.8) is 0 Å². The van der Waals surface area contributed by atoms with Crippen molar-refractivity contribution < 1.29 is 14.6 Å². The van der Waals surface area contributed by atoms with E-state index >= 15 is 0 Å². The topological polar surface area (TPSA) is 58.6 Å². The zero-order valence-electron chi connectivity index (χ0n) is 7.30. The highest BCUT2D eigenvalue weighted by atomic mass is 16.5. The monoisotopic (exact) mass is 173 g/mol. The Kier molecular flexibility index (Phi) is 3.05. The number of rotatable bonds is 5. The second-order valence-electron chi connectivity index (χ2n) is 3.10. The number of hydrogen-bond donors (Lipinski definition) is 2. The van der Waals surface area contributed by atoms with Crippen LogP contribution in [0.1, 0.15) is 19.8 Å². The molecule has 1 aliphatic carbocycles. The summed E-state index contributed by atoms with van der Waals surface area (Å²) in [5.41, 5.74) is -0.174. The van der Waals surface area contributed by atoms with E-state index in [0.29, 0.717) is 6.61 Å². The molecule has 0 spiro atoms. The van der Waals surface area contributed by atoms with Gasteiger partial charge in [0.05, 0.1) is 19.8 Å². The van der Waals surface area contributed by atoms with E-state index in [0.717, 1.165) is 12.8 Å². The van der Waals surface area contributed by atoms with Gasteiger partial charge < -0.3 is 9.84 Å². The van der Waals surface area contributed by atoms with Crippen molar-refractivity contribution in [2.45, 2.75) is 25.3 Å². The van der Waals surface area contributed by atoms with Gasteiger partial charge in [-0.3, -0.25) is 10.1 Å². The Balaban J connectivity index is 2.12. The number of aliphatic hydroxyl groups is 1. The molecule has 1 aliphatic rings. The summed E-state index contributed by atoms with van der Waals surface area (Å²) in [5.74, 6) is -0.253. The molecule has 0 aromatic carbocycles. The highest BCUT2D eigenvalue weighted by molar-refractivity contribution is 5.71. The molecule has 0 saturated heterocycles. The molecular formula is C8H15NO3. The van der Waals surface area contributed by atoms with E-state index in [2.05, 4.69) is 5.32 Å². The predicted molar refractivity (Wildman–Crippen MR) is 43.7 cm³/mol. The smallest absolute Gasteiger partial charge is 0.319 e. The van der Waals surface area contributed by atoms with Crippen molar-refractivity contribution in [3.05, 3.63) is 0 Å². The van der Waals surface area contributed by atoms with Gasteiger partial charge in [-0.2, -0.15) is 0 Å². The molecule has 0 aromatic rings. The molecule has 0 aliphatic heterocycles. The van der Waals surface area contributed by atoms with Gasteiger partial charge in [-0.1, -0.05) is 0 Å². The van der Waals surface area contributed by atoms with Gasteiger partial charge in [0, 0.05) is 5.54 Å². The number of ether oxygens (including phenoxy) is 1. The molecule has 1 rings (SSSR count). The van der Waals surface area contributed by atoms with E-state index in [4.69, 9.17) is 9.84 Å². The number of esters is 1. The fraction of sp³-hybridized carbons (Fsp3) is 0.875. The zero-order chi connectivity index (χ0) is 9.03. The lowest BCUT2D eigenvalue weighted by atomic mass is 10.3. The molecule has 70 valence electrons. The minimum Gasteiger partial charge on any atom is -0.465 e. The fourth-order valence-corrected chi connectivity index (χ4v) is 1.01. The summed E-state index contributed by atoms with van der Waals surface area (Å²) in [5, 5.41) is 11.9. The maximum Gasteiger partial charge on any atom is 0.319 e. The van der Waals surface area contributed by atoms with Crippen LogP contribution in [-0.4, -0.2) is 36.4 Å². The summed E-state index contributed by atoms with van der Waals surface area (Å²) >= 11 is 0. The first-order chi connectivity index (χ1) is 5.72. The second kappa shape index (κ2) is 3.87. The largest absolute Gasteiger partial charge is 0.465 e. The van der Waals surface area contributed by atoms with E-state index in [1.807, 2.05) is 0 Å². The summed E-state index contributed by atoms with van der Waals surface area (Å²) in [6.45, 7) is 2.49. The third-order valence-electron chi connectivity index (χ3n) is 2.07. The Morgan fingerprint density at radius 3 is 2.75 bits per heavy atom. The first kappa shape index (κ1) is 9.48. The quantitative estimate of drug-likeness (QED) is 0.559. The standard InChI is InChI=1S/C8H15NO3/c1-2-12-7(11)5-9-8(6-10)3-4-8/h9-10H,2-6H2,1H3. The van der Waals surface area contributed by atoms with Crippen molar-refractivity contribution in [3.8, 4) is 0 Å². The molecule has 0 unspecified atom stereocenters. The minimum atomic E-state index is -0.253. The van der Waals surface area contributed by atoms with Crippen LogP contribution in [0.4, 0.5) is 0 Å². The maximum atomic E-state index is 10.9. The van der Waals surface area contributed by atoms with Crippen LogP contribution < -0.4 is 5.32 Å². The molecule has 4 nitrogen and oxygen atoms in total. The third kappa shape index (κ3) is 2.46. The summed E-state index contributed by atoms with van der Waals surface area (Å²) in [4.78, 5) is 10.9. The first-order valence-corrected chi connectivity index (χ1v) is 4.24. The molecule has 1 fully saturated rings. The zero-order valence-corrected chi connectivity index (χ0v) is 7.30. The molecule has 0 bridgehead atoms. The van der Waals surface area contributed by atoms with E-state index in [9.17, 15) is 4.79 Å². The summed E-state index contributed by atoms with van der Waals surface area (Å²) in [6.07, 6.45) is 1.89. The molecule has 0 aromatic heterocycles. The Morgan fingerprint density at radius 1 is 1.67 bits per heavy atom. The number of hydrogen-bond acceptors (Lipinski definition) is 4. The number of aliphatic hydroxyl groups excluding tert-OH is 1. The predicted octanol–water partition coefficient (Wildman–Crippen LogP) is -0.336. The van der Waals surface area contributed by atoms with Crippen LogP contribution in [0.3, 0.4) is 0 Å². The lowest BCUT2D eigenvalue weighted by Crippen LogP contribution is -2.38. The van der Waals surface area contributed by atoms with Crippen LogP contribution in [0.5, 0.6) is 0 Å². The van der Waals surface area contributed by atoms with Gasteiger partial charge in [-0.25, -0.2) is 0 Å². The van der Waals surface area contributed by atoms with Crippen LogP contribution in [0.25, 0.3) is 0 Å². The third-order valence-corrected chi connectivity index (χ3v) is 2.07. The van der Waals surface area contributed by atoms with Crippen LogP contribution in [0.2, 0.25) is 0 Å². The van der Waals surface area contributed by atoms with Gasteiger partial charge in [0.1, 0.15) is 0 Å². The minimum absolute atomic E-state index is 0.104. The molecule has 0 heterocycles. The van der Waals surface area contributed by atoms with Gasteiger partial charge in [0.25, 0.3) is 0 Å². The molecule has 12 heavy (non-hydrogen) atoms. The van der Waals surface area contributed by atoms with Gasteiger partial charge in [-0.05, 0) is 19.8 Å². The molecule has 2 N–H and O–H groups in total. The summed E-state index contributed by atoms with van der Waals surface area (Å²) in [6, 6.07) is 0. The lowest BCUT2D eigenvalue weighted by Gasteiger charge is -2.12. The van der Waals surface area contributed by atoms with Crippen molar-refractivity contribution in [2.24, 2.45) is 0 Å². The first-order valence-electron chi connectivity index (χ1n) is 4.24. The fourth-order valence-electron chi connectivity index (χ4n) is 1.01. The molecular weight excluding hydrogens is 158 g/mol. The Labute approximate surface area is 71.9 Å². The van der Waals surface area contributed by atoms with E-state index in [1.54, 1.807) is 6.92 Å². The number of carbonyl (C=O) groups excluding carboxylic acids is 1. The van der Waals surface area contributed by atoms with Gasteiger partial charge in [0.15, 0.2) is 0 Å². The summed E-state index contributed by atoms with van der Waals surface area (Å²) < 4.78 is 4.73. The normalized spacial score (nSPS) is 18.8. The van der Waals surface area contributed by atoms with E-state index in [1.165, 1.54) is 0 Å². The Bertz CT molecular complexity index is 166. The van der Waals surface area contributed by atoms with Crippen LogP contribution in [0, 0.1) is 0 Å². The molecule has 0 radical (unpaired) electrons. The number of carbonyl (C=O) groups is 1. The second-order valence-corrected chi connectivity index (χ2v) is 3.10. The average Bonchev–Trinajstić information content (AvgIpc) is 2.82. The molecule has 0 amide bonds. The maximum absolute atomic E-state index is 10.9. The molecule has 0 atom stereocenters. The average molecular weight is 173 g/mol. The lowest BCUT2D eigenvalue weighted by molar-refractivity contribution is -0.142. The highest BCUT2D eigenvalue weighted by Crippen LogP contribution is 2.34. The van der Waals surface area contributed by atoms with Crippen molar-refractivity contribution in [1.29, 1.82) is 0 Å². The Morgan fingerprint density at radius 2 is 2.33 bits per heavy atom.